The minimum atomic E-state index is -0.384. The fraction of sp³-hybridized carbons (Fsp3) is 0.533. The van der Waals surface area contributed by atoms with Crippen LogP contribution in [0.25, 0.3) is 0 Å². The zero-order valence-electron chi connectivity index (χ0n) is 11.3. The molecule has 1 aromatic rings. The molecule has 4 atom stereocenters. The molecule has 0 bridgehead atoms. The molecule has 1 saturated heterocycles. The van der Waals surface area contributed by atoms with Gasteiger partial charge in [0.2, 0.25) is 0 Å². The average Bonchev–Trinajstić information content (AvgIpc) is 2.58. The summed E-state index contributed by atoms with van der Waals surface area (Å²) in [6, 6.07) is 4.30. The maximum atomic E-state index is 13.6. The van der Waals surface area contributed by atoms with Crippen molar-refractivity contribution < 1.29 is 13.9 Å². The van der Waals surface area contributed by atoms with E-state index in [1.807, 2.05) is 20.8 Å². The van der Waals surface area contributed by atoms with Gasteiger partial charge < -0.3 is 4.74 Å². The van der Waals surface area contributed by atoms with Crippen molar-refractivity contribution >= 4 is 17.4 Å². The summed E-state index contributed by atoms with van der Waals surface area (Å²) >= 11 is 5.84. The van der Waals surface area contributed by atoms with Crippen LogP contribution in [0.4, 0.5) is 4.39 Å². The highest BCUT2D eigenvalue weighted by atomic mass is 35.5. The summed E-state index contributed by atoms with van der Waals surface area (Å²) in [5.41, 5.74) is 0.358. The first kappa shape index (κ1) is 14.5. The maximum Gasteiger partial charge on any atom is 0.143 e. The van der Waals surface area contributed by atoms with Crippen molar-refractivity contribution in [2.24, 2.45) is 11.8 Å². The smallest absolute Gasteiger partial charge is 0.143 e. The Labute approximate surface area is 117 Å². The van der Waals surface area contributed by atoms with Gasteiger partial charge in [-0.1, -0.05) is 18.5 Å². The van der Waals surface area contributed by atoms with Gasteiger partial charge in [-0.15, -0.1) is 0 Å². The molecule has 0 radical (unpaired) electrons. The lowest BCUT2D eigenvalue weighted by Gasteiger charge is -2.17. The lowest BCUT2D eigenvalue weighted by atomic mass is 9.84. The van der Waals surface area contributed by atoms with E-state index in [9.17, 15) is 9.18 Å². The number of ketones is 1. The van der Waals surface area contributed by atoms with E-state index in [1.165, 1.54) is 18.2 Å². The monoisotopic (exact) mass is 284 g/mol. The van der Waals surface area contributed by atoms with E-state index in [2.05, 4.69) is 0 Å². The second-order valence-corrected chi connectivity index (χ2v) is 5.75. The molecule has 2 rings (SSSR count). The van der Waals surface area contributed by atoms with Crippen molar-refractivity contribution in [3.63, 3.8) is 0 Å². The summed E-state index contributed by atoms with van der Waals surface area (Å²) in [7, 11) is 0. The van der Waals surface area contributed by atoms with E-state index in [-0.39, 0.29) is 42.1 Å². The fourth-order valence-electron chi connectivity index (χ4n) is 2.81. The second-order valence-electron chi connectivity index (χ2n) is 5.31. The summed E-state index contributed by atoms with van der Waals surface area (Å²) in [6.45, 7) is 5.87. The molecule has 1 heterocycles. The van der Waals surface area contributed by atoms with Crippen LogP contribution >= 0.6 is 11.6 Å². The molecule has 2 nitrogen and oxygen atoms in total. The van der Waals surface area contributed by atoms with Gasteiger partial charge in [0, 0.05) is 17.4 Å². The van der Waals surface area contributed by atoms with Gasteiger partial charge in [0.1, 0.15) is 11.6 Å². The van der Waals surface area contributed by atoms with Crippen molar-refractivity contribution in [3.8, 4) is 0 Å². The van der Waals surface area contributed by atoms with E-state index in [0.29, 0.717) is 10.6 Å². The molecule has 0 aliphatic carbocycles. The predicted molar refractivity (Wildman–Crippen MR) is 72.8 cm³/mol. The number of carbonyl (C=O) groups excluding carboxylic acids is 1. The molecule has 104 valence electrons. The second kappa shape index (κ2) is 5.59. The Balaban J connectivity index is 2.15. The van der Waals surface area contributed by atoms with Crippen LogP contribution in [-0.4, -0.2) is 18.0 Å². The molecule has 1 aliphatic heterocycles. The van der Waals surface area contributed by atoms with Crippen LogP contribution in [0.5, 0.6) is 0 Å². The molecule has 1 aliphatic rings. The average molecular weight is 285 g/mol. The molecule has 1 aromatic carbocycles. The third-order valence-corrected chi connectivity index (χ3v) is 4.22. The van der Waals surface area contributed by atoms with Gasteiger partial charge in [-0.25, -0.2) is 4.39 Å². The van der Waals surface area contributed by atoms with Crippen molar-refractivity contribution in [1.29, 1.82) is 0 Å². The summed E-state index contributed by atoms with van der Waals surface area (Å²) in [5, 5.41) is 0.446. The summed E-state index contributed by atoms with van der Waals surface area (Å²) in [5.74, 6) is -0.381. The van der Waals surface area contributed by atoms with Crippen molar-refractivity contribution in [1.82, 2.24) is 0 Å². The minimum absolute atomic E-state index is 0.0190. The maximum absolute atomic E-state index is 13.6. The van der Waals surface area contributed by atoms with Crippen LogP contribution in [0, 0.1) is 17.7 Å². The van der Waals surface area contributed by atoms with Crippen LogP contribution in [0.2, 0.25) is 5.02 Å². The topological polar surface area (TPSA) is 26.3 Å². The first-order valence-corrected chi connectivity index (χ1v) is 6.90. The molecule has 19 heavy (non-hydrogen) atoms. The molecule has 0 saturated carbocycles. The summed E-state index contributed by atoms with van der Waals surface area (Å²) in [6.07, 6.45) is 0.0230. The third-order valence-electron chi connectivity index (χ3n) is 3.99. The van der Waals surface area contributed by atoms with Gasteiger partial charge in [-0.3, -0.25) is 4.79 Å². The van der Waals surface area contributed by atoms with Gasteiger partial charge in [-0.05, 0) is 43.5 Å². The van der Waals surface area contributed by atoms with Crippen LogP contribution < -0.4 is 0 Å². The minimum Gasteiger partial charge on any atom is -0.375 e. The Bertz CT molecular complexity index is 489. The van der Waals surface area contributed by atoms with Crippen molar-refractivity contribution in [2.75, 3.05) is 0 Å². The van der Waals surface area contributed by atoms with Crippen molar-refractivity contribution in [3.05, 3.63) is 34.6 Å². The van der Waals surface area contributed by atoms with Crippen molar-refractivity contribution in [2.45, 2.75) is 39.4 Å². The van der Waals surface area contributed by atoms with Gasteiger partial charge in [0.15, 0.2) is 0 Å². The first-order chi connectivity index (χ1) is 8.90. The Hall–Kier alpha value is -0.930. The number of rotatable bonds is 3. The number of ether oxygens (including phenoxy) is 1. The number of benzene rings is 1. The van der Waals surface area contributed by atoms with Crippen LogP contribution in [-0.2, 0) is 16.0 Å². The SMILES string of the molecule is CC1OC(C)C(C(=O)Cc2cc(Cl)ccc2F)C1C. The normalized spacial score (nSPS) is 30.6. The largest absolute Gasteiger partial charge is 0.375 e. The zero-order chi connectivity index (χ0) is 14.2. The molecule has 0 amide bonds. The lowest BCUT2D eigenvalue weighted by molar-refractivity contribution is -0.124. The first-order valence-electron chi connectivity index (χ1n) is 6.52. The Kier molecular flexibility index (Phi) is 4.26. The third kappa shape index (κ3) is 2.98. The van der Waals surface area contributed by atoms with Gasteiger partial charge in [0.25, 0.3) is 0 Å². The number of halogens is 2. The van der Waals surface area contributed by atoms with Gasteiger partial charge >= 0.3 is 0 Å². The van der Waals surface area contributed by atoms with E-state index in [0.717, 1.165) is 0 Å². The van der Waals surface area contributed by atoms with E-state index >= 15 is 0 Å². The van der Waals surface area contributed by atoms with E-state index in [1.54, 1.807) is 0 Å². The molecule has 4 unspecified atom stereocenters. The van der Waals surface area contributed by atoms with Crippen LogP contribution in [0.15, 0.2) is 18.2 Å². The predicted octanol–water partition coefficient (Wildman–Crippen LogP) is 3.65. The number of carbonyl (C=O) groups is 1. The van der Waals surface area contributed by atoms with Crippen LogP contribution in [0.1, 0.15) is 26.3 Å². The van der Waals surface area contributed by atoms with E-state index < -0.39 is 0 Å². The highest BCUT2D eigenvalue weighted by Crippen LogP contribution is 2.33. The number of Topliss-reactive ketones (excluding diaryl/α,β-unsaturated/α-hetero) is 1. The summed E-state index contributed by atoms with van der Waals surface area (Å²) < 4.78 is 19.3. The van der Waals surface area contributed by atoms with Gasteiger partial charge in [-0.2, -0.15) is 0 Å². The van der Waals surface area contributed by atoms with Gasteiger partial charge in [0.05, 0.1) is 12.2 Å². The quantitative estimate of drug-likeness (QED) is 0.847. The molecular weight excluding hydrogens is 267 g/mol. The highest BCUT2D eigenvalue weighted by Gasteiger charge is 2.41. The zero-order valence-corrected chi connectivity index (χ0v) is 12.1. The van der Waals surface area contributed by atoms with E-state index in [4.69, 9.17) is 16.3 Å². The molecule has 4 heteroatoms. The summed E-state index contributed by atoms with van der Waals surface area (Å²) in [4.78, 5) is 12.4. The standard InChI is InChI=1S/C15H18ClFO2/c1-8-9(2)19-10(3)15(8)14(18)7-11-6-12(16)4-5-13(11)17/h4-6,8-10,15H,7H2,1-3H3. The lowest BCUT2D eigenvalue weighted by Crippen LogP contribution is -2.28. The Morgan fingerprint density at radius 1 is 1.32 bits per heavy atom. The molecule has 1 fully saturated rings. The van der Waals surface area contributed by atoms with Crippen LogP contribution in [0.3, 0.4) is 0 Å². The Morgan fingerprint density at radius 3 is 2.58 bits per heavy atom. The highest BCUT2D eigenvalue weighted by molar-refractivity contribution is 6.30. The molecule has 0 aromatic heterocycles. The number of hydrogen-bond donors (Lipinski definition) is 0. The molecule has 0 spiro atoms. The number of hydrogen-bond acceptors (Lipinski definition) is 2. The fourth-order valence-corrected chi connectivity index (χ4v) is 3.00. The molecule has 0 N–H and O–H groups in total. The Morgan fingerprint density at radius 2 is 2.00 bits per heavy atom. The molecular formula is C15H18ClFO2.